The number of hydrogen-bond acceptors (Lipinski definition) is 3. The van der Waals surface area contributed by atoms with E-state index in [1.54, 1.807) is 4.90 Å². The van der Waals surface area contributed by atoms with Crippen molar-refractivity contribution in [3.63, 3.8) is 0 Å². The Hall–Kier alpha value is -1.59. The second-order valence-corrected chi connectivity index (χ2v) is 7.02. The first-order valence-corrected chi connectivity index (χ1v) is 9.26. The van der Waals surface area contributed by atoms with Crippen LogP contribution in [0.25, 0.3) is 0 Å². The lowest BCUT2D eigenvalue weighted by atomic mass is 10.1. The number of benzene rings is 1. The van der Waals surface area contributed by atoms with Gasteiger partial charge in [0.15, 0.2) is 0 Å². The number of carbonyl (C=O) groups is 1. The van der Waals surface area contributed by atoms with Gasteiger partial charge in [-0.3, -0.25) is 0 Å². The van der Waals surface area contributed by atoms with Gasteiger partial charge in [-0.1, -0.05) is 18.6 Å². The Balaban J connectivity index is 1.46. The van der Waals surface area contributed by atoms with E-state index < -0.39 is 0 Å². The fraction of sp³-hybridized carbons (Fsp3) is 0.632. The minimum atomic E-state index is -0.387. The minimum Gasteiger partial charge on any atom is -0.391 e. The molecule has 3 rings (SSSR count). The van der Waals surface area contributed by atoms with Crippen LogP contribution in [0.15, 0.2) is 24.3 Å². The SMILES string of the molecule is O=C(Nc1ccc(CCN2CCCCC2)cc1)N1CCC[C@@H](O)C1. The molecule has 1 aromatic rings. The molecule has 0 aliphatic carbocycles. The average molecular weight is 331 g/mol. The molecule has 2 fully saturated rings. The Morgan fingerprint density at radius 1 is 1.08 bits per heavy atom. The van der Waals surface area contributed by atoms with E-state index in [2.05, 4.69) is 22.3 Å². The highest BCUT2D eigenvalue weighted by atomic mass is 16.3. The maximum atomic E-state index is 12.2. The van der Waals surface area contributed by atoms with Crippen molar-refractivity contribution in [3.8, 4) is 0 Å². The highest BCUT2D eigenvalue weighted by molar-refractivity contribution is 5.89. The van der Waals surface area contributed by atoms with E-state index in [4.69, 9.17) is 0 Å². The molecule has 0 spiro atoms. The van der Waals surface area contributed by atoms with Gasteiger partial charge in [-0.15, -0.1) is 0 Å². The second-order valence-electron chi connectivity index (χ2n) is 7.02. The van der Waals surface area contributed by atoms with Crippen molar-refractivity contribution >= 4 is 11.7 Å². The molecule has 0 bridgehead atoms. The standard InChI is InChI=1S/C19H29N3O2/c23-18-5-4-13-22(15-18)19(24)20-17-8-6-16(7-9-17)10-14-21-11-2-1-3-12-21/h6-9,18,23H,1-5,10-15H2,(H,20,24)/t18-/m1/s1. The number of carbonyl (C=O) groups excluding carboxylic acids is 1. The molecule has 0 saturated carbocycles. The number of piperidine rings is 2. The van der Waals surface area contributed by atoms with Gasteiger partial charge in [0.2, 0.25) is 0 Å². The third-order valence-electron chi connectivity index (χ3n) is 5.05. The van der Waals surface area contributed by atoms with Crippen LogP contribution in [0, 0.1) is 0 Å². The zero-order chi connectivity index (χ0) is 16.8. The highest BCUT2D eigenvalue weighted by Crippen LogP contribution is 2.15. The van der Waals surface area contributed by atoms with Crippen molar-refractivity contribution in [3.05, 3.63) is 29.8 Å². The summed E-state index contributed by atoms with van der Waals surface area (Å²) in [4.78, 5) is 16.5. The molecular formula is C19H29N3O2. The van der Waals surface area contributed by atoms with Crippen LogP contribution < -0.4 is 5.32 Å². The van der Waals surface area contributed by atoms with Gasteiger partial charge in [0.25, 0.3) is 0 Å². The lowest BCUT2D eigenvalue weighted by Gasteiger charge is -2.30. The average Bonchev–Trinajstić information content (AvgIpc) is 2.62. The van der Waals surface area contributed by atoms with Gasteiger partial charge in [-0.25, -0.2) is 4.79 Å². The molecule has 2 heterocycles. The first-order chi connectivity index (χ1) is 11.7. The lowest BCUT2D eigenvalue weighted by Crippen LogP contribution is -2.44. The molecule has 2 amide bonds. The van der Waals surface area contributed by atoms with Crippen LogP contribution in [-0.2, 0) is 6.42 Å². The van der Waals surface area contributed by atoms with Crippen molar-refractivity contribution in [1.82, 2.24) is 9.80 Å². The smallest absolute Gasteiger partial charge is 0.321 e. The monoisotopic (exact) mass is 331 g/mol. The molecule has 0 radical (unpaired) electrons. The summed E-state index contributed by atoms with van der Waals surface area (Å²) in [5, 5.41) is 12.6. The molecule has 2 aliphatic rings. The van der Waals surface area contributed by atoms with Crippen molar-refractivity contribution in [2.45, 2.75) is 44.6 Å². The molecule has 1 atom stereocenters. The number of rotatable bonds is 4. The van der Waals surface area contributed by atoms with E-state index in [9.17, 15) is 9.90 Å². The van der Waals surface area contributed by atoms with Crippen LogP contribution in [0.5, 0.6) is 0 Å². The lowest BCUT2D eigenvalue weighted by molar-refractivity contribution is 0.0883. The zero-order valence-electron chi connectivity index (χ0n) is 14.4. The molecule has 5 nitrogen and oxygen atoms in total. The molecule has 132 valence electrons. The van der Waals surface area contributed by atoms with Gasteiger partial charge in [0.1, 0.15) is 0 Å². The molecule has 0 aromatic heterocycles. The fourth-order valence-corrected chi connectivity index (χ4v) is 3.57. The number of anilines is 1. The topological polar surface area (TPSA) is 55.8 Å². The van der Waals surface area contributed by atoms with E-state index >= 15 is 0 Å². The maximum Gasteiger partial charge on any atom is 0.321 e. The summed E-state index contributed by atoms with van der Waals surface area (Å²) >= 11 is 0. The zero-order valence-corrected chi connectivity index (χ0v) is 14.4. The number of urea groups is 1. The molecule has 5 heteroatoms. The van der Waals surface area contributed by atoms with Crippen LogP contribution in [0.3, 0.4) is 0 Å². The first-order valence-electron chi connectivity index (χ1n) is 9.26. The Labute approximate surface area is 144 Å². The molecule has 2 aliphatic heterocycles. The van der Waals surface area contributed by atoms with Gasteiger partial charge >= 0.3 is 6.03 Å². The normalized spacial score (nSPS) is 22.4. The first kappa shape index (κ1) is 17.2. The summed E-state index contributed by atoms with van der Waals surface area (Å²) < 4.78 is 0. The Morgan fingerprint density at radius 3 is 2.54 bits per heavy atom. The maximum absolute atomic E-state index is 12.2. The minimum absolute atomic E-state index is 0.116. The van der Waals surface area contributed by atoms with Crippen molar-refractivity contribution in [2.24, 2.45) is 0 Å². The molecular weight excluding hydrogens is 302 g/mol. The van der Waals surface area contributed by atoms with Crippen LogP contribution in [0.4, 0.5) is 10.5 Å². The summed E-state index contributed by atoms with van der Waals surface area (Å²) in [7, 11) is 0. The van der Waals surface area contributed by atoms with Crippen LogP contribution in [-0.4, -0.2) is 59.8 Å². The van der Waals surface area contributed by atoms with Gasteiger partial charge in [0.05, 0.1) is 6.10 Å². The number of aliphatic hydroxyl groups excluding tert-OH is 1. The summed E-state index contributed by atoms with van der Waals surface area (Å²) in [5.41, 5.74) is 2.13. The molecule has 0 unspecified atom stereocenters. The quantitative estimate of drug-likeness (QED) is 0.892. The van der Waals surface area contributed by atoms with Crippen LogP contribution >= 0.6 is 0 Å². The molecule has 24 heavy (non-hydrogen) atoms. The number of aliphatic hydroxyl groups is 1. The largest absolute Gasteiger partial charge is 0.391 e. The Morgan fingerprint density at radius 2 is 1.83 bits per heavy atom. The summed E-state index contributed by atoms with van der Waals surface area (Å²) in [6, 6.07) is 8.04. The third-order valence-corrected chi connectivity index (χ3v) is 5.05. The van der Waals surface area contributed by atoms with Crippen molar-refractivity contribution in [1.29, 1.82) is 0 Å². The number of nitrogens with one attached hydrogen (secondary N) is 1. The predicted octanol–water partition coefficient (Wildman–Crippen LogP) is 2.70. The highest BCUT2D eigenvalue weighted by Gasteiger charge is 2.21. The van der Waals surface area contributed by atoms with Crippen LogP contribution in [0.2, 0.25) is 0 Å². The molecule has 1 aromatic carbocycles. The number of amides is 2. The van der Waals surface area contributed by atoms with Gasteiger partial charge in [0, 0.05) is 25.3 Å². The Bertz CT molecular complexity index is 526. The van der Waals surface area contributed by atoms with Gasteiger partial charge in [-0.2, -0.15) is 0 Å². The van der Waals surface area contributed by atoms with Gasteiger partial charge in [-0.05, 0) is 62.9 Å². The third kappa shape index (κ3) is 4.95. The summed E-state index contributed by atoms with van der Waals surface area (Å²) in [6.07, 6.45) is 6.36. The molecule has 2 N–H and O–H groups in total. The molecule has 2 saturated heterocycles. The van der Waals surface area contributed by atoms with E-state index in [-0.39, 0.29) is 12.1 Å². The number of likely N-dealkylation sites (tertiary alicyclic amines) is 2. The number of nitrogens with zero attached hydrogens (tertiary/aromatic N) is 2. The summed E-state index contributed by atoms with van der Waals surface area (Å²) in [6.45, 7) is 4.74. The van der Waals surface area contributed by atoms with Crippen molar-refractivity contribution in [2.75, 3.05) is 38.0 Å². The summed E-state index contributed by atoms with van der Waals surface area (Å²) in [5.74, 6) is 0. The number of β-amino-alcohol motifs (C(OH)–C–C–N with tert-alkyl or cyclic N) is 1. The van der Waals surface area contributed by atoms with E-state index in [1.807, 2.05) is 12.1 Å². The number of hydrogen-bond donors (Lipinski definition) is 2. The predicted molar refractivity (Wildman–Crippen MR) is 96.3 cm³/mol. The van der Waals surface area contributed by atoms with Gasteiger partial charge < -0.3 is 20.2 Å². The van der Waals surface area contributed by atoms with E-state index in [0.717, 1.165) is 38.0 Å². The van der Waals surface area contributed by atoms with Crippen molar-refractivity contribution < 1.29 is 9.90 Å². The second kappa shape index (κ2) is 8.49. The Kier molecular flexibility index (Phi) is 6.10. The van der Waals surface area contributed by atoms with E-state index in [0.29, 0.717) is 6.54 Å². The van der Waals surface area contributed by atoms with Crippen LogP contribution in [0.1, 0.15) is 37.7 Å². The van der Waals surface area contributed by atoms with E-state index in [1.165, 1.54) is 37.9 Å². The fourth-order valence-electron chi connectivity index (χ4n) is 3.57.